The van der Waals surface area contributed by atoms with Crippen LogP contribution < -0.4 is 5.32 Å². The fraction of sp³-hybridized carbons (Fsp3) is 0.462. The third kappa shape index (κ3) is 5.98. The number of hydrogen-bond donors (Lipinski definition) is 1. The standard InChI is InChI=1S/C26H31FN4O3/c1-18-6-11-23(28-15-18)29-25(33)20-4-2-13-31(16-20)26(34)21-5-3-12-30(17-21)24(32)14-19-7-9-22(27)10-8-19/h6-11,15,20-21H,2-5,12-14,16-17H2,1H3,(H,28,29,33). The first-order valence-electron chi connectivity index (χ1n) is 11.9. The molecule has 0 saturated carbocycles. The van der Waals surface area contributed by atoms with Crippen LogP contribution in [0.15, 0.2) is 42.6 Å². The molecular formula is C26H31FN4O3. The molecule has 2 atom stereocenters. The number of hydrogen-bond acceptors (Lipinski definition) is 4. The first-order valence-corrected chi connectivity index (χ1v) is 11.9. The molecule has 0 aliphatic carbocycles. The molecular weight excluding hydrogens is 435 g/mol. The van der Waals surface area contributed by atoms with Crippen molar-refractivity contribution >= 4 is 23.5 Å². The fourth-order valence-electron chi connectivity index (χ4n) is 4.71. The van der Waals surface area contributed by atoms with Gasteiger partial charge in [-0.05, 0) is 61.9 Å². The highest BCUT2D eigenvalue weighted by atomic mass is 19.1. The number of rotatable bonds is 5. The number of aryl methyl sites for hydroxylation is 1. The Hall–Kier alpha value is -3.29. The van der Waals surface area contributed by atoms with Crippen molar-refractivity contribution in [2.45, 2.75) is 39.0 Å². The number of nitrogens with zero attached hydrogens (tertiary/aromatic N) is 3. The van der Waals surface area contributed by atoms with Crippen LogP contribution in [-0.4, -0.2) is 58.7 Å². The van der Waals surface area contributed by atoms with Crippen molar-refractivity contribution in [2.75, 3.05) is 31.5 Å². The molecule has 8 heteroatoms. The van der Waals surface area contributed by atoms with Crippen LogP contribution in [0.4, 0.5) is 10.2 Å². The smallest absolute Gasteiger partial charge is 0.230 e. The predicted octanol–water partition coefficient (Wildman–Crippen LogP) is 3.19. The number of likely N-dealkylation sites (tertiary alicyclic amines) is 2. The summed E-state index contributed by atoms with van der Waals surface area (Å²) in [5.41, 5.74) is 1.78. The van der Waals surface area contributed by atoms with Crippen LogP contribution in [0, 0.1) is 24.6 Å². The minimum atomic E-state index is -0.330. The topological polar surface area (TPSA) is 82.6 Å². The summed E-state index contributed by atoms with van der Waals surface area (Å²) < 4.78 is 13.1. The van der Waals surface area contributed by atoms with Crippen molar-refractivity contribution < 1.29 is 18.8 Å². The molecule has 2 unspecified atom stereocenters. The average Bonchev–Trinajstić information content (AvgIpc) is 2.86. The van der Waals surface area contributed by atoms with Gasteiger partial charge >= 0.3 is 0 Å². The lowest BCUT2D eigenvalue weighted by molar-refractivity contribution is -0.142. The van der Waals surface area contributed by atoms with E-state index in [1.54, 1.807) is 34.2 Å². The molecule has 1 aromatic heterocycles. The summed E-state index contributed by atoms with van der Waals surface area (Å²) in [6.07, 6.45) is 4.90. The van der Waals surface area contributed by atoms with E-state index in [9.17, 15) is 18.8 Å². The van der Waals surface area contributed by atoms with E-state index in [0.717, 1.165) is 36.8 Å². The maximum atomic E-state index is 13.3. The van der Waals surface area contributed by atoms with E-state index in [4.69, 9.17) is 0 Å². The van der Waals surface area contributed by atoms with Crippen LogP contribution in [0.3, 0.4) is 0 Å². The van der Waals surface area contributed by atoms with Gasteiger partial charge in [0.2, 0.25) is 17.7 Å². The minimum absolute atomic E-state index is 0.0187. The molecule has 1 aromatic carbocycles. The second kappa shape index (κ2) is 10.8. The number of aromatic nitrogens is 1. The molecule has 0 bridgehead atoms. The third-order valence-electron chi connectivity index (χ3n) is 6.66. The highest BCUT2D eigenvalue weighted by Gasteiger charge is 2.35. The lowest BCUT2D eigenvalue weighted by Crippen LogP contribution is -2.50. The molecule has 2 saturated heterocycles. The quantitative estimate of drug-likeness (QED) is 0.734. The van der Waals surface area contributed by atoms with Gasteiger partial charge in [-0.25, -0.2) is 9.37 Å². The molecule has 2 fully saturated rings. The zero-order valence-corrected chi connectivity index (χ0v) is 19.5. The normalized spacial score (nSPS) is 20.6. The maximum absolute atomic E-state index is 13.3. The zero-order chi connectivity index (χ0) is 24.1. The van der Waals surface area contributed by atoms with E-state index in [-0.39, 0.29) is 41.8 Å². The second-order valence-corrected chi connectivity index (χ2v) is 9.32. The molecule has 3 amide bonds. The Morgan fingerprint density at radius 2 is 1.65 bits per heavy atom. The van der Waals surface area contributed by atoms with Crippen molar-refractivity contribution in [3.63, 3.8) is 0 Å². The Morgan fingerprint density at radius 3 is 2.35 bits per heavy atom. The summed E-state index contributed by atoms with van der Waals surface area (Å²) in [6.45, 7) is 3.96. The number of piperidine rings is 2. The zero-order valence-electron chi connectivity index (χ0n) is 19.5. The van der Waals surface area contributed by atoms with E-state index >= 15 is 0 Å². The predicted molar refractivity (Wildman–Crippen MR) is 126 cm³/mol. The molecule has 2 aliphatic rings. The Morgan fingerprint density at radius 1 is 0.971 bits per heavy atom. The van der Waals surface area contributed by atoms with Crippen LogP contribution in [0.25, 0.3) is 0 Å². The van der Waals surface area contributed by atoms with Gasteiger partial charge < -0.3 is 15.1 Å². The van der Waals surface area contributed by atoms with Gasteiger partial charge in [0.1, 0.15) is 11.6 Å². The molecule has 0 spiro atoms. The Labute approximate surface area is 199 Å². The van der Waals surface area contributed by atoms with Gasteiger partial charge in [-0.2, -0.15) is 0 Å². The summed E-state index contributed by atoms with van der Waals surface area (Å²) in [7, 11) is 0. The fourth-order valence-corrected chi connectivity index (χ4v) is 4.71. The number of benzene rings is 1. The Kier molecular flexibility index (Phi) is 7.55. The highest BCUT2D eigenvalue weighted by molar-refractivity contribution is 5.92. The summed E-state index contributed by atoms with van der Waals surface area (Å²) in [5.74, 6) is -0.498. The molecule has 34 heavy (non-hydrogen) atoms. The summed E-state index contributed by atoms with van der Waals surface area (Å²) >= 11 is 0. The van der Waals surface area contributed by atoms with E-state index in [1.807, 2.05) is 13.0 Å². The van der Waals surface area contributed by atoms with Crippen LogP contribution in [0.5, 0.6) is 0 Å². The van der Waals surface area contributed by atoms with Crippen LogP contribution >= 0.6 is 0 Å². The number of carbonyl (C=O) groups is 3. The van der Waals surface area contributed by atoms with Crippen molar-refractivity contribution in [3.05, 3.63) is 59.5 Å². The van der Waals surface area contributed by atoms with Gasteiger partial charge in [-0.1, -0.05) is 18.2 Å². The molecule has 0 radical (unpaired) electrons. The highest BCUT2D eigenvalue weighted by Crippen LogP contribution is 2.24. The number of halogens is 1. The minimum Gasteiger partial charge on any atom is -0.342 e. The Balaban J connectivity index is 1.32. The number of pyridine rings is 1. The van der Waals surface area contributed by atoms with Crippen LogP contribution in [-0.2, 0) is 20.8 Å². The average molecular weight is 467 g/mol. The lowest BCUT2D eigenvalue weighted by atomic mass is 9.92. The Bertz CT molecular complexity index is 944. The van der Waals surface area contributed by atoms with Gasteiger partial charge in [0.05, 0.1) is 18.3 Å². The number of anilines is 1. The van der Waals surface area contributed by atoms with Gasteiger partial charge in [0.25, 0.3) is 0 Å². The van der Waals surface area contributed by atoms with Gasteiger partial charge in [0, 0.05) is 32.4 Å². The number of amides is 3. The summed E-state index contributed by atoms with van der Waals surface area (Å²) in [4.78, 5) is 46.6. The van der Waals surface area contributed by atoms with Crippen molar-refractivity contribution in [3.8, 4) is 0 Å². The van der Waals surface area contributed by atoms with E-state index in [0.29, 0.717) is 32.0 Å². The molecule has 7 nitrogen and oxygen atoms in total. The van der Waals surface area contributed by atoms with Gasteiger partial charge in [-0.3, -0.25) is 14.4 Å². The maximum Gasteiger partial charge on any atom is 0.230 e. The summed E-state index contributed by atoms with van der Waals surface area (Å²) in [6, 6.07) is 9.60. The molecule has 2 aromatic rings. The number of nitrogens with one attached hydrogen (secondary N) is 1. The first kappa shape index (κ1) is 23.9. The molecule has 180 valence electrons. The molecule has 2 aliphatic heterocycles. The lowest BCUT2D eigenvalue weighted by Gasteiger charge is -2.38. The third-order valence-corrected chi connectivity index (χ3v) is 6.66. The molecule has 3 heterocycles. The SMILES string of the molecule is Cc1ccc(NC(=O)C2CCCN(C(=O)C3CCCN(C(=O)Cc4ccc(F)cc4)C3)C2)nc1. The second-order valence-electron chi connectivity index (χ2n) is 9.32. The van der Waals surface area contributed by atoms with Gasteiger partial charge in [-0.15, -0.1) is 0 Å². The van der Waals surface area contributed by atoms with Crippen LogP contribution in [0.2, 0.25) is 0 Å². The molecule has 4 rings (SSSR count). The van der Waals surface area contributed by atoms with E-state index < -0.39 is 0 Å². The number of carbonyl (C=O) groups excluding carboxylic acids is 3. The van der Waals surface area contributed by atoms with Gasteiger partial charge in [0.15, 0.2) is 0 Å². The van der Waals surface area contributed by atoms with E-state index in [1.165, 1.54) is 12.1 Å². The largest absolute Gasteiger partial charge is 0.342 e. The van der Waals surface area contributed by atoms with Crippen molar-refractivity contribution in [2.24, 2.45) is 11.8 Å². The van der Waals surface area contributed by atoms with Crippen molar-refractivity contribution in [1.82, 2.24) is 14.8 Å². The van der Waals surface area contributed by atoms with Crippen LogP contribution in [0.1, 0.15) is 36.8 Å². The first-order chi connectivity index (χ1) is 16.4. The molecule has 1 N–H and O–H groups in total. The summed E-state index contributed by atoms with van der Waals surface area (Å²) in [5, 5.41) is 2.86. The monoisotopic (exact) mass is 466 g/mol. The van der Waals surface area contributed by atoms with E-state index in [2.05, 4.69) is 10.3 Å². The van der Waals surface area contributed by atoms with Crippen molar-refractivity contribution in [1.29, 1.82) is 0 Å².